The number of carbonyl (C=O) groups is 1. The number of hydrogen-bond acceptors (Lipinski definition) is 2. The van der Waals surface area contributed by atoms with Crippen LogP contribution in [-0.4, -0.2) is 36.8 Å². The van der Waals surface area contributed by atoms with Crippen LogP contribution in [-0.2, 0) is 11.2 Å². The van der Waals surface area contributed by atoms with E-state index in [9.17, 15) is 4.79 Å². The molecule has 106 valence electrons. The van der Waals surface area contributed by atoms with Crippen LogP contribution in [0.5, 0.6) is 0 Å². The molecular formula is C13H19Cl2N2O2+. The highest BCUT2D eigenvalue weighted by Crippen LogP contribution is 2.20. The summed E-state index contributed by atoms with van der Waals surface area (Å²) < 4.78 is 0. The van der Waals surface area contributed by atoms with E-state index in [1.807, 2.05) is 6.07 Å². The lowest BCUT2D eigenvalue weighted by atomic mass is 10.1. The quantitative estimate of drug-likeness (QED) is 0.690. The first-order valence-electron chi connectivity index (χ1n) is 6.19. The number of amides is 1. The molecule has 1 amide bonds. The topological polar surface area (TPSA) is 65.9 Å². The Labute approximate surface area is 123 Å². The fourth-order valence-corrected chi connectivity index (χ4v) is 2.09. The number of benzene rings is 1. The zero-order valence-corrected chi connectivity index (χ0v) is 12.3. The molecule has 0 aliphatic carbocycles. The molecule has 0 bridgehead atoms. The van der Waals surface area contributed by atoms with E-state index in [0.717, 1.165) is 5.56 Å². The van der Waals surface area contributed by atoms with Crippen LogP contribution in [0.2, 0.25) is 10.0 Å². The van der Waals surface area contributed by atoms with Gasteiger partial charge in [0.05, 0.1) is 6.10 Å². The Morgan fingerprint density at radius 1 is 1.47 bits per heavy atom. The lowest BCUT2D eigenvalue weighted by molar-refractivity contribution is -0.649. The maximum Gasteiger partial charge on any atom is 0.275 e. The molecule has 4 N–H and O–H groups in total. The maximum absolute atomic E-state index is 11.5. The molecule has 0 heterocycles. The van der Waals surface area contributed by atoms with Crippen molar-refractivity contribution in [3.8, 4) is 0 Å². The standard InChI is InChI=1S/C13H18Cl2N2O2/c1-9(18)7-16-8-13(19)17-5-4-10-2-3-11(14)6-12(10)15/h2-3,6,9,16,18H,4-5,7-8H2,1H3,(H,17,19)/p+1/t9-/m1/s1. The molecule has 1 aromatic rings. The summed E-state index contributed by atoms with van der Waals surface area (Å²) in [5, 5.41) is 14.8. The van der Waals surface area contributed by atoms with Crippen molar-refractivity contribution in [3.63, 3.8) is 0 Å². The molecule has 1 rings (SSSR count). The van der Waals surface area contributed by atoms with Gasteiger partial charge in [-0.1, -0.05) is 29.3 Å². The monoisotopic (exact) mass is 305 g/mol. The van der Waals surface area contributed by atoms with Crippen LogP contribution in [0.1, 0.15) is 12.5 Å². The lowest BCUT2D eigenvalue weighted by Crippen LogP contribution is -2.88. The van der Waals surface area contributed by atoms with Gasteiger partial charge in [0.25, 0.3) is 5.91 Å². The smallest absolute Gasteiger partial charge is 0.275 e. The van der Waals surface area contributed by atoms with Gasteiger partial charge in [-0.15, -0.1) is 0 Å². The van der Waals surface area contributed by atoms with Gasteiger partial charge in [-0.05, 0) is 31.0 Å². The second-order valence-corrected chi connectivity index (χ2v) is 5.26. The first-order valence-corrected chi connectivity index (χ1v) is 6.95. The van der Waals surface area contributed by atoms with E-state index < -0.39 is 6.10 Å². The number of rotatable bonds is 7. The molecule has 6 heteroatoms. The molecule has 0 fully saturated rings. The first kappa shape index (κ1) is 16.2. The Kier molecular flexibility index (Phi) is 7.16. The zero-order chi connectivity index (χ0) is 14.3. The minimum atomic E-state index is -0.402. The molecule has 0 aromatic heterocycles. The van der Waals surface area contributed by atoms with E-state index in [-0.39, 0.29) is 5.91 Å². The van der Waals surface area contributed by atoms with Gasteiger partial charge in [-0.3, -0.25) is 4.79 Å². The first-order chi connectivity index (χ1) is 8.99. The van der Waals surface area contributed by atoms with Gasteiger partial charge in [0, 0.05) is 16.6 Å². The number of halogens is 2. The van der Waals surface area contributed by atoms with Gasteiger partial charge >= 0.3 is 0 Å². The van der Waals surface area contributed by atoms with Gasteiger partial charge in [0.2, 0.25) is 0 Å². The average Bonchev–Trinajstić information content (AvgIpc) is 2.31. The summed E-state index contributed by atoms with van der Waals surface area (Å²) in [6.45, 7) is 3.06. The molecule has 0 unspecified atom stereocenters. The molecule has 0 saturated carbocycles. The van der Waals surface area contributed by atoms with E-state index >= 15 is 0 Å². The van der Waals surface area contributed by atoms with E-state index in [4.69, 9.17) is 28.3 Å². The van der Waals surface area contributed by atoms with Crippen molar-refractivity contribution >= 4 is 29.1 Å². The van der Waals surface area contributed by atoms with Crippen molar-refractivity contribution < 1.29 is 15.2 Å². The van der Waals surface area contributed by atoms with E-state index in [1.165, 1.54) is 0 Å². The number of nitrogens with two attached hydrogens (primary N) is 1. The Bertz CT molecular complexity index is 425. The molecule has 0 aliphatic rings. The Morgan fingerprint density at radius 2 is 2.21 bits per heavy atom. The Balaban J connectivity index is 2.24. The fraction of sp³-hybridized carbons (Fsp3) is 0.462. The Hall–Kier alpha value is -0.810. The Morgan fingerprint density at radius 3 is 2.84 bits per heavy atom. The van der Waals surface area contributed by atoms with E-state index in [2.05, 4.69) is 5.32 Å². The summed E-state index contributed by atoms with van der Waals surface area (Å²) in [6.07, 6.45) is 0.263. The molecule has 19 heavy (non-hydrogen) atoms. The van der Waals surface area contributed by atoms with Crippen LogP contribution >= 0.6 is 23.2 Å². The van der Waals surface area contributed by atoms with E-state index in [1.54, 1.807) is 24.4 Å². The third-order valence-electron chi connectivity index (χ3n) is 2.57. The summed E-state index contributed by atoms with van der Waals surface area (Å²) in [5.41, 5.74) is 0.958. The zero-order valence-electron chi connectivity index (χ0n) is 10.8. The summed E-state index contributed by atoms with van der Waals surface area (Å²) in [4.78, 5) is 11.5. The fourth-order valence-electron chi connectivity index (χ4n) is 1.59. The lowest BCUT2D eigenvalue weighted by Gasteiger charge is -2.07. The van der Waals surface area contributed by atoms with E-state index in [0.29, 0.717) is 36.1 Å². The SMILES string of the molecule is C[C@@H](O)C[NH2+]CC(=O)NCCc1ccc(Cl)cc1Cl. The molecule has 0 radical (unpaired) electrons. The number of aliphatic hydroxyl groups excluding tert-OH is 1. The summed E-state index contributed by atoms with van der Waals surface area (Å²) >= 11 is 11.8. The maximum atomic E-state index is 11.5. The number of nitrogens with one attached hydrogen (secondary N) is 1. The van der Waals surface area contributed by atoms with Crippen molar-refractivity contribution in [2.24, 2.45) is 0 Å². The van der Waals surface area contributed by atoms with Crippen LogP contribution in [0.4, 0.5) is 0 Å². The van der Waals surface area contributed by atoms with Gasteiger partial charge in [0.15, 0.2) is 6.54 Å². The van der Waals surface area contributed by atoms with Gasteiger partial charge < -0.3 is 15.7 Å². The summed E-state index contributed by atoms with van der Waals surface area (Å²) in [7, 11) is 0. The molecule has 0 saturated heterocycles. The number of quaternary nitrogens is 1. The van der Waals surface area contributed by atoms with Crippen molar-refractivity contribution in [2.45, 2.75) is 19.4 Å². The number of hydrogen-bond donors (Lipinski definition) is 3. The number of carbonyl (C=O) groups excluding carboxylic acids is 1. The number of aliphatic hydroxyl groups is 1. The molecule has 1 atom stereocenters. The van der Waals surface area contributed by atoms with Crippen LogP contribution in [0, 0.1) is 0 Å². The molecule has 0 aliphatic heterocycles. The van der Waals surface area contributed by atoms with Crippen molar-refractivity contribution in [1.82, 2.24) is 5.32 Å². The van der Waals surface area contributed by atoms with Crippen molar-refractivity contribution in [1.29, 1.82) is 0 Å². The van der Waals surface area contributed by atoms with Gasteiger partial charge in [0.1, 0.15) is 6.54 Å². The highest BCUT2D eigenvalue weighted by atomic mass is 35.5. The summed E-state index contributed by atoms with van der Waals surface area (Å²) in [6, 6.07) is 5.33. The molecular weight excluding hydrogens is 287 g/mol. The predicted octanol–water partition coefficient (Wildman–Crippen LogP) is 0.596. The molecule has 1 aromatic carbocycles. The highest BCUT2D eigenvalue weighted by molar-refractivity contribution is 6.35. The normalized spacial score (nSPS) is 12.2. The molecule has 4 nitrogen and oxygen atoms in total. The molecule has 0 spiro atoms. The van der Waals surface area contributed by atoms with Crippen LogP contribution in [0.15, 0.2) is 18.2 Å². The van der Waals surface area contributed by atoms with Crippen molar-refractivity contribution in [3.05, 3.63) is 33.8 Å². The minimum Gasteiger partial charge on any atom is -0.388 e. The second-order valence-electron chi connectivity index (χ2n) is 4.41. The third kappa shape index (κ3) is 6.78. The predicted molar refractivity (Wildman–Crippen MR) is 76.5 cm³/mol. The third-order valence-corrected chi connectivity index (χ3v) is 3.16. The van der Waals surface area contributed by atoms with Gasteiger partial charge in [-0.25, -0.2) is 0 Å². The minimum absolute atomic E-state index is 0.0502. The summed E-state index contributed by atoms with van der Waals surface area (Å²) in [5.74, 6) is -0.0502. The van der Waals surface area contributed by atoms with Crippen LogP contribution in [0.3, 0.4) is 0 Å². The van der Waals surface area contributed by atoms with Crippen molar-refractivity contribution in [2.75, 3.05) is 19.6 Å². The van der Waals surface area contributed by atoms with Gasteiger partial charge in [-0.2, -0.15) is 0 Å². The van der Waals surface area contributed by atoms with Crippen LogP contribution in [0.25, 0.3) is 0 Å². The average molecular weight is 306 g/mol. The largest absolute Gasteiger partial charge is 0.388 e. The van der Waals surface area contributed by atoms with Crippen LogP contribution < -0.4 is 10.6 Å². The second kappa shape index (κ2) is 8.38. The highest BCUT2D eigenvalue weighted by Gasteiger charge is 2.06.